The van der Waals surface area contributed by atoms with Crippen LogP contribution < -0.4 is 5.73 Å². The van der Waals surface area contributed by atoms with Gasteiger partial charge >= 0.3 is 0 Å². The maximum absolute atomic E-state index is 13.3. The van der Waals surface area contributed by atoms with Crippen molar-refractivity contribution in [3.63, 3.8) is 0 Å². The van der Waals surface area contributed by atoms with Crippen molar-refractivity contribution in [2.24, 2.45) is 5.73 Å². The largest absolute Gasteiger partial charge is 0.327 e. The van der Waals surface area contributed by atoms with Crippen molar-refractivity contribution in [3.05, 3.63) is 69.9 Å². The predicted molar refractivity (Wildman–Crippen MR) is 85.2 cm³/mol. The SMILES string of the molecule is CC(C)(c1ccccc1)C(N)Cc1ccc(F)c(Br)c1. The van der Waals surface area contributed by atoms with Gasteiger partial charge in [-0.1, -0.05) is 50.2 Å². The van der Waals surface area contributed by atoms with Crippen LogP contribution in [-0.4, -0.2) is 6.04 Å². The highest BCUT2D eigenvalue weighted by Crippen LogP contribution is 2.28. The maximum Gasteiger partial charge on any atom is 0.137 e. The lowest BCUT2D eigenvalue weighted by Crippen LogP contribution is -2.42. The molecule has 1 unspecified atom stereocenters. The van der Waals surface area contributed by atoms with E-state index >= 15 is 0 Å². The molecule has 1 nitrogen and oxygen atoms in total. The standard InChI is InChI=1S/C17H19BrFN/c1-17(2,13-6-4-3-5-7-13)16(20)11-12-8-9-15(19)14(18)10-12/h3-10,16H,11,20H2,1-2H3. The van der Waals surface area contributed by atoms with Crippen LogP contribution in [-0.2, 0) is 11.8 Å². The summed E-state index contributed by atoms with van der Waals surface area (Å²) in [7, 11) is 0. The molecule has 0 fully saturated rings. The Kier molecular flexibility index (Phi) is 4.61. The third-order valence-corrected chi connectivity index (χ3v) is 4.49. The molecule has 0 bridgehead atoms. The first kappa shape index (κ1) is 15.2. The zero-order valence-electron chi connectivity index (χ0n) is 11.7. The summed E-state index contributed by atoms with van der Waals surface area (Å²) in [5, 5.41) is 0. The number of rotatable bonds is 4. The molecule has 2 rings (SSSR count). The molecule has 0 amide bonds. The van der Waals surface area contributed by atoms with Gasteiger partial charge in [0, 0.05) is 11.5 Å². The van der Waals surface area contributed by atoms with E-state index in [1.54, 1.807) is 12.1 Å². The molecular weight excluding hydrogens is 317 g/mol. The molecule has 2 N–H and O–H groups in total. The summed E-state index contributed by atoms with van der Waals surface area (Å²) in [6, 6.07) is 15.3. The van der Waals surface area contributed by atoms with Gasteiger partial charge in [-0.3, -0.25) is 0 Å². The predicted octanol–water partition coefficient (Wildman–Crippen LogP) is 4.44. The summed E-state index contributed by atoms with van der Waals surface area (Å²) < 4.78 is 13.7. The number of nitrogens with two attached hydrogens (primary N) is 1. The van der Waals surface area contributed by atoms with Gasteiger partial charge in [0.05, 0.1) is 4.47 Å². The van der Waals surface area contributed by atoms with E-state index in [0.29, 0.717) is 10.9 Å². The van der Waals surface area contributed by atoms with E-state index in [-0.39, 0.29) is 17.3 Å². The zero-order chi connectivity index (χ0) is 14.8. The molecule has 0 radical (unpaired) electrons. The number of benzene rings is 2. The van der Waals surface area contributed by atoms with Crippen molar-refractivity contribution < 1.29 is 4.39 Å². The second kappa shape index (κ2) is 6.06. The van der Waals surface area contributed by atoms with Gasteiger partial charge in [0.25, 0.3) is 0 Å². The summed E-state index contributed by atoms with van der Waals surface area (Å²) in [5.41, 5.74) is 8.51. The summed E-state index contributed by atoms with van der Waals surface area (Å²) in [6.07, 6.45) is 0.709. The van der Waals surface area contributed by atoms with Crippen molar-refractivity contribution in [2.45, 2.75) is 31.7 Å². The van der Waals surface area contributed by atoms with E-state index in [1.807, 2.05) is 18.2 Å². The Labute approximate surface area is 128 Å². The Morgan fingerprint density at radius 2 is 1.80 bits per heavy atom. The monoisotopic (exact) mass is 335 g/mol. The van der Waals surface area contributed by atoms with Crippen LogP contribution in [0.25, 0.3) is 0 Å². The number of hydrogen-bond donors (Lipinski definition) is 1. The molecule has 0 saturated heterocycles. The second-order valence-corrected chi connectivity index (χ2v) is 6.50. The van der Waals surface area contributed by atoms with Gasteiger partial charge in [-0.2, -0.15) is 0 Å². The molecule has 0 aliphatic heterocycles. The molecule has 2 aromatic rings. The van der Waals surface area contributed by atoms with Gasteiger partial charge in [-0.15, -0.1) is 0 Å². The first-order valence-corrected chi connectivity index (χ1v) is 7.45. The summed E-state index contributed by atoms with van der Waals surface area (Å²) in [5.74, 6) is -0.246. The van der Waals surface area contributed by atoms with E-state index in [1.165, 1.54) is 11.6 Å². The summed E-state index contributed by atoms with van der Waals surface area (Å²) >= 11 is 3.22. The zero-order valence-corrected chi connectivity index (χ0v) is 13.3. The molecule has 106 valence electrons. The van der Waals surface area contributed by atoms with Crippen LogP contribution >= 0.6 is 15.9 Å². The number of hydrogen-bond acceptors (Lipinski definition) is 1. The van der Waals surface area contributed by atoms with Gasteiger partial charge in [0.15, 0.2) is 0 Å². The van der Waals surface area contributed by atoms with Crippen LogP contribution in [0.3, 0.4) is 0 Å². The topological polar surface area (TPSA) is 26.0 Å². The van der Waals surface area contributed by atoms with Crippen molar-refractivity contribution in [1.82, 2.24) is 0 Å². The van der Waals surface area contributed by atoms with Crippen LogP contribution in [0.5, 0.6) is 0 Å². The Bertz CT molecular complexity index is 581. The van der Waals surface area contributed by atoms with Crippen LogP contribution in [0.1, 0.15) is 25.0 Å². The van der Waals surface area contributed by atoms with Crippen LogP contribution in [0.4, 0.5) is 4.39 Å². The van der Waals surface area contributed by atoms with Gasteiger partial charge in [0.2, 0.25) is 0 Å². The highest BCUT2D eigenvalue weighted by molar-refractivity contribution is 9.10. The Hall–Kier alpha value is -1.19. The van der Waals surface area contributed by atoms with Gasteiger partial charge in [0.1, 0.15) is 5.82 Å². The quantitative estimate of drug-likeness (QED) is 0.878. The normalized spacial score (nSPS) is 13.2. The summed E-state index contributed by atoms with van der Waals surface area (Å²) in [6.45, 7) is 4.29. The average molecular weight is 336 g/mol. The first-order valence-electron chi connectivity index (χ1n) is 6.66. The molecule has 0 heterocycles. The van der Waals surface area contributed by atoms with Crippen LogP contribution in [0.15, 0.2) is 53.0 Å². The van der Waals surface area contributed by atoms with E-state index in [9.17, 15) is 4.39 Å². The molecular formula is C17H19BrFN. The molecule has 3 heteroatoms. The minimum atomic E-state index is -0.246. The van der Waals surface area contributed by atoms with Gasteiger partial charge in [-0.25, -0.2) is 4.39 Å². The maximum atomic E-state index is 13.3. The highest BCUT2D eigenvalue weighted by atomic mass is 79.9. The highest BCUT2D eigenvalue weighted by Gasteiger charge is 2.28. The molecule has 2 aromatic carbocycles. The molecule has 0 spiro atoms. The average Bonchev–Trinajstić information content (AvgIpc) is 2.44. The smallest absolute Gasteiger partial charge is 0.137 e. The lowest BCUT2D eigenvalue weighted by atomic mass is 9.76. The molecule has 1 atom stereocenters. The number of halogens is 2. The summed E-state index contributed by atoms with van der Waals surface area (Å²) in [4.78, 5) is 0. The van der Waals surface area contributed by atoms with E-state index in [4.69, 9.17) is 5.73 Å². The lowest BCUT2D eigenvalue weighted by Gasteiger charge is -2.32. The van der Waals surface area contributed by atoms with E-state index in [2.05, 4.69) is 41.9 Å². The van der Waals surface area contributed by atoms with Gasteiger partial charge in [-0.05, 0) is 45.6 Å². The minimum Gasteiger partial charge on any atom is -0.327 e. The van der Waals surface area contributed by atoms with Crippen LogP contribution in [0.2, 0.25) is 0 Å². The van der Waals surface area contributed by atoms with E-state index in [0.717, 1.165) is 5.56 Å². The minimum absolute atomic E-state index is 0.0396. The molecule has 0 saturated carbocycles. The fraction of sp³-hybridized carbons (Fsp3) is 0.294. The van der Waals surface area contributed by atoms with Gasteiger partial charge < -0.3 is 5.73 Å². The van der Waals surface area contributed by atoms with Crippen molar-refractivity contribution >= 4 is 15.9 Å². The first-order chi connectivity index (χ1) is 9.41. The fourth-order valence-corrected chi connectivity index (χ4v) is 2.68. The Morgan fingerprint density at radius 1 is 1.15 bits per heavy atom. The third kappa shape index (κ3) is 3.28. The van der Waals surface area contributed by atoms with Crippen LogP contribution in [0, 0.1) is 5.82 Å². The lowest BCUT2D eigenvalue weighted by molar-refractivity contribution is 0.406. The third-order valence-electron chi connectivity index (χ3n) is 3.88. The molecule has 0 aliphatic rings. The van der Waals surface area contributed by atoms with Crippen molar-refractivity contribution in [3.8, 4) is 0 Å². The second-order valence-electron chi connectivity index (χ2n) is 5.65. The Balaban J connectivity index is 2.18. The van der Waals surface area contributed by atoms with E-state index < -0.39 is 0 Å². The molecule has 0 aromatic heterocycles. The fourth-order valence-electron chi connectivity index (χ4n) is 2.26. The van der Waals surface area contributed by atoms with Crippen molar-refractivity contribution in [1.29, 1.82) is 0 Å². The molecule has 0 aliphatic carbocycles. The Morgan fingerprint density at radius 3 is 2.40 bits per heavy atom. The van der Waals surface area contributed by atoms with Crippen molar-refractivity contribution in [2.75, 3.05) is 0 Å². The molecule has 20 heavy (non-hydrogen) atoms.